The fraction of sp³-hybridized carbons (Fsp3) is 0.429. The minimum Gasteiger partial charge on any atom is -0.430 e. The zero-order chi connectivity index (χ0) is 27.2. The number of benzene rings is 1. The van der Waals surface area contributed by atoms with Gasteiger partial charge in [0.25, 0.3) is 5.91 Å². The van der Waals surface area contributed by atoms with Gasteiger partial charge < -0.3 is 25.3 Å². The van der Waals surface area contributed by atoms with E-state index in [1.807, 2.05) is 0 Å². The van der Waals surface area contributed by atoms with E-state index < -0.39 is 75.9 Å². The Labute approximate surface area is 205 Å². The van der Waals surface area contributed by atoms with Gasteiger partial charge in [-0.3, -0.25) is 9.59 Å². The highest BCUT2D eigenvalue weighted by atomic mass is 32.2. The summed E-state index contributed by atoms with van der Waals surface area (Å²) in [4.78, 5) is 28.0. The number of carbonyl (C=O) groups is 2. The van der Waals surface area contributed by atoms with Gasteiger partial charge in [0.2, 0.25) is 15.9 Å². The SMILES string of the molecule is CC(=O)N[C@@H](CC#N)[C@@H](O)[C@H](O)[C@@H](Cc1cc(F)cc(F)c1)NC(=O)c1coc(N(C)S(C)(=O)=O)n1. The molecule has 12 nitrogen and oxygen atoms in total. The Bertz CT molecular complexity index is 1230. The average Bonchev–Trinajstić information content (AvgIpc) is 3.25. The molecular formula is C21H25F2N5O7S. The molecule has 15 heteroatoms. The number of oxazole rings is 1. The molecule has 0 spiro atoms. The lowest BCUT2D eigenvalue weighted by Crippen LogP contribution is -2.56. The summed E-state index contributed by atoms with van der Waals surface area (Å²) in [6, 6.07) is 1.23. The van der Waals surface area contributed by atoms with Gasteiger partial charge in [0.05, 0.1) is 30.8 Å². The van der Waals surface area contributed by atoms with Crippen LogP contribution in [0.5, 0.6) is 0 Å². The molecule has 1 aromatic carbocycles. The molecule has 0 saturated heterocycles. The Morgan fingerprint density at radius 3 is 2.28 bits per heavy atom. The van der Waals surface area contributed by atoms with Crippen molar-refractivity contribution in [3.05, 3.63) is 47.4 Å². The van der Waals surface area contributed by atoms with Crippen LogP contribution in [-0.4, -0.2) is 73.0 Å². The number of hydrogen-bond donors (Lipinski definition) is 4. The molecule has 0 fully saturated rings. The number of nitriles is 1. The van der Waals surface area contributed by atoms with E-state index in [1.54, 1.807) is 6.07 Å². The molecule has 4 N–H and O–H groups in total. The highest BCUT2D eigenvalue weighted by Gasteiger charge is 2.34. The smallest absolute Gasteiger partial charge is 0.311 e. The molecule has 0 bridgehead atoms. The lowest BCUT2D eigenvalue weighted by molar-refractivity contribution is -0.121. The van der Waals surface area contributed by atoms with Crippen LogP contribution < -0.4 is 14.9 Å². The third-order valence-electron chi connectivity index (χ3n) is 5.06. The molecule has 196 valence electrons. The predicted molar refractivity (Wildman–Crippen MR) is 121 cm³/mol. The van der Waals surface area contributed by atoms with E-state index in [4.69, 9.17) is 9.68 Å². The van der Waals surface area contributed by atoms with Crippen LogP contribution in [0.15, 0.2) is 28.9 Å². The van der Waals surface area contributed by atoms with Crippen LogP contribution in [0.2, 0.25) is 0 Å². The molecule has 1 heterocycles. The van der Waals surface area contributed by atoms with E-state index in [9.17, 15) is 37.0 Å². The van der Waals surface area contributed by atoms with Crippen molar-refractivity contribution in [3.63, 3.8) is 0 Å². The number of halogens is 2. The standard InChI is InChI=1S/C21H25F2N5O7S/c1-11(29)25-15(4-5-24)18(30)19(31)16(8-12-6-13(22)9-14(23)7-12)26-20(32)17-10-35-21(27-17)28(2)36(3,33)34/h6-7,9-10,15-16,18-19,30-31H,4,8H2,1-3H3,(H,25,29)(H,26,32)/t15-,16+,18+,19+/m0/s1. The van der Waals surface area contributed by atoms with Gasteiger partial charge in [-0.15, -0.1) is 0 Å². The number of carbonyl (C=O) groups excluding carboxylic acids is 2. The number of nitrogens with zero attached hydrogens (tertiary/aromatic N) is 3. The number of hydrogen-bond acceptors (Lipinski definition) is 9. The topological polar surface area (TPSA) is 186 Å². The molecule has 0 aliphatic carbocycles. The van der Waals surface area contributed by atoms with Gasteiger partial charge in [-0.25, -0.2) is 21.5 Å². The first-order valence-corrected chi connectivity index (χ1v) is 12.2. The molecule has 2 aromatic rings. The summed E-state index contributed by atoms with van der Waals surface area (Å²) in [5, 5.41) is 35.2. The number of sulfonamides is 1. The molecule has 36 heavy (non-hydrogen) atoms. The van der Waals surface area contributed by atoms with Crippen LogP contribution in [0.25, 0.3) is 0 Å². The minimum atomic E-state index is -3.75. The van der Waals surface area contributed by atoms with Crippen molar-refractivity contribution >= 4 is 27.9 Å². The van der Waals surface area contributed by atoms with Gasteiger partial charge in [0.1, 0.15) is 30.1 Å². The van der Waals surface area contributed by atoms with Crippen LogP contribution in [-0.2, 0) is 21.2 Å². The lowest BCUT2D eigenvalue weighted by Gasteiger charge is -2.31. The third kappa shape index (κ3) is 7.70. The average molecular weight is 530 g/mol. The summed E-state index contributed by atoms with van der Waals surface area (Å²) in [6.07, 6.45) is -2.65. The van der Waals surface area contributed by atoms with E-state index in [1.165, 1.54) is 0 Å². The van der Waals surface area contributed by atoms with Gasteiger partial charge in [-0.2, -0.15) is 10.2 Å². The van der Waals surface area contributed by atoms with E-state index >= 15 is 0 Å². The molecule has 0 saturated carbocycles. The zero-order valence-corrected chi connectivity index (χ0v) is 20.3. The van der Waals surface area contributed by atoms with Crippen molar-refractivity contribution in [1.82, 2.24) is 15.6 Å². The highest BCUT2D eigenvalue weighted by Crippen LogP contribution is 2.18. The van der Waals surface area contributed by atoms with Gasteiger partial charge in [0, 0.05) is 20.0 Å². The van der Waals surface area contributed by atoms with Crippen molar-refractivity contribution in [2.24, 2.45) is 0 Å². The number of aliphatic hydroxyl groups excluding tert-OH is 2. The van der Waals surface area contributed by atoms with E-state index in [-0.39, 0.29) is 12.0 Å². The number of amides is 2. The number of nitrogens with one attached hydrogen (secondary N) is 2. The molecule has 4 atom stereocenters. The van der Waals surface area contributed by atoms with Crippen molar-refractivity contribution in [2.45, 2.75) is 44.1 Å². The Balaban J connectivity index is 2.36. The van der Waals surface area contributed by atoms with Gasteiger partial charge >= 0.3 is 6.01 Å². The molecule has 2 amide bonds. The summed E-state index contributed by atoms with van der Waals surface area (Å²) in [5.41, 5.74) is -0.383. The Morgan fingerprint density at radius 1 is 1.17 bits per heavy atom. The number of anilines is 1. The number of aromatic nitrogens is 1. The molecule has 0 radical (unpaired) electrons. The number of aliphatic hydroxyl groups is 2. The Hall–Kier alpha value is -3.61. The fourth-order valence-electron chi connectivity index (χ4n) is 3.23. The second kappa shape index (κ2) is 11.9. The fourth-order valence-corrected chi connectivity index (χ4v) is 3.60. The largest absolute Gasteiger partial charge is 0.430 e. The third-order valence-corrected chi connectivity index (χ3v) is 6.21. The summed E-state index contributed by atoms with van der Waals surface area (Å²) >= 11 is 0. The first-order chi connectivity index (χ1) is 16.7. The minimum absolute atomic E-state index is 0.0121. The second-order valence-electron chi connectivity index (χ2n) is 7.96. The van der Waals surface area contributed by atoms with Crippen molar-refractivity contribution < 1.29 is 41.4 Å². The van der Waals surface area contributed by atoms with Crippen molar-refractivity contribution in [1.29, 1.82) is 5.26 Å². The van der Waals surface area contributed by atoms with Gasteiger partial charge in [0.15, 0.2) is 5.69 Å². The zero-order valence-electron chi connectivity index (χ0n) is 19.5. The summed E-state index contributed by atoms with van der Waals surface area (Å²) < 4.78 is 56.4. The molecule has 2 rings (SSSR count). The summed E-state index contributed by atoms with van der Waals surface area (Å²) in [6.45, 7) is 1.13. The van der Waals surface area contributed by atoms with E-state index in [2.05, 4.69) is 15.6 Å². The quantitative estimate of drug-likeness (QED) is 0.307. The molecule has 0 aliphatic rings. The van der Waals surface area contributed by atoms with E-state index in [0.717, 1.165) is 38.6 Å². The maximum atomic E-state index is 13.7. The maximum absolute atomic E-state index is 13.7. The second-order valence-corrected chi connectivity index (χ2v) is 9.97. The van der Waals surface area contributed by atoms with Crippen LogP contribution in [0.3, 0.4) is 0 Å². The van der Waals surface area contributed by atoms with Crippen LogP contribution in [0.1, 0.15) is 29.4 Å². The molecule has 1 aromatic heterocycles. The molecule has 0 aliphatic heterocycles. The monoisotopic (exact) mass is 529 g/mol. The van der Waals surface area contributed by atoms with Gasteiger partial charge in [-0.05, 0) is 24.1 Å². The summed E-state index contributed by atoms with van der Waals surface area (Å²) in [7, 11) is -2.61. The van der Waals surface area contributed by atoms with Crippen LogP contribution >= 0.6 is 0 Å². The number of rotatable bonds is 11. The Kier molecular flexibility index (Phi) is 9.45. The summed E-state index contributed by atoms with van der Waals surface area (Å²) in [5.74, 6) is -3.41. The van der Waals surface area contributed by atoms with Crippen molar-refractivity contribution in [2.75, 3.05) is 17.6 Å². The normalized spacial score (nSPS) is 14.7. The van der Waals surface area contributed by atoms with Crippen molar-refractivity contribution in [3.8, 4) is 6.07 Å². The first-order valence-electron chi connectivity index (χ1n) is 10.4. The maximum Gasteiger partial charge on any atom is 0.311 e. The lowest BCUT2D eigenvalue weighted by atomic mass is 9.92. The predicted octanol–water partition coefficient (Wildman–Crippen LogP) is -0.170. The van der Waals surface area contributed by atoms with Gasteiger partial charge in [-0.1, -0.05) is 0 Å². The van der Waals surface area contributed by atoms with Crippen LogP contribution in [0.4, 0.5) is 14.8 Å². The Morgan fingerprint density at radius 2 is 1.75 bits per heavy atom. The highest BCUT2D eigenvalue weighted by molar-refractivity contribution is 7.92. The molecule has 0 unspecified atom stereocenters. The first kappa shape index (κ1) is 28.6. The van der Waals surface area contributed by atoms with E-state index in [0.29, 0.717) is 10.4 Å². The molecular weight excluding hydrogens is 504 g/mol. The van der Waals surface area contributed by atoms with Crippen LogP contribution in [0, 0.1) is 23.0 Å².